The Kier molecular flexibility index (Phi) is 6.28. The summed E-state index contributed by atoms with van der Waals surface area (Å²) in [5.41, 5.74) is 5.13. The lowest BCUT2D eigenvalue weighted by atomic mass is 9.89. The summed E-state index contributed by atoms with van der Waals surface area (Å²) in [5.74, 6) is -2.36. The van der Waals surface area contributed by atoms with Crippen LogP contribution in [0.1, 0.15) is 47.3 Å². The normalized spacial score (nSPS) is 19.0. The first-order chi connectivity index (χ1) is 14.6. The summed E-state index contributed by atoms with van der Waals surface area (Å²) in [5, 5.41) is 2.40. The van der Waals surface area contributed by atoms with Crippen LogP contribution in [0.3, 0.4) is 0 Å². The highest BCUT2D eigenvalue weighted by atomic mass is 19.4. The number of nitrogens with zero attached hydrogens (tertiary/aromatic N) is 2. The van der Waals surface area contributed by atoms with Crippen molar-refractivity contribution < 1.29 is 27.6 Å². The zero-order valence-electron chi connectivity index (χ0n) is 16.6. The second kappa shape index (κ2) is 8.75. The van der Waals surface area contributed by atoms with Crippen LogP contribution in [-0.2, 0) is 15.8 Å². The molecular formula is C21H21F3N4O3. The van der Waals surface area contributed by atoms with E-state index in [4.69, 9.17) is 5.73 Å². The molecule has 2 heterocycles. The number of carbonyl (C=O) groups excluding carboxylic acids is 3. The third-order valence-electron chi connectivity index (χ3n) is 5.18. The third kappa shape index (κ3) is 5.19. The Hall–Kier alpha value is -3.43. The number of carbonyl (C=O) groups is 3. The van der Waals surface area contributed by atoms with Gasteiger partial charge >= 0.3 is 18.0 Å². The van der Waals surface area contributed by atoms with Gasteiger partial charge in [0, 0.05) is 12.7 Å². The molecule has 2 aromatic rings. The number of amides is 3. The van der Waals surface area contributed by atoms with Crippen LogP contribution in [0.4, 0.5) is 18.9 Å². The minimum atomic E-state index is -4.46. The molecule has 0 bridgehead atoms. The average molecular weight is 434 g/mol. The van der Waals surface area contributed by atoms with Gasteiger partial charge in [-0.15, -0.1) is 0 Å². The van der Waals surface area contributed by atoms with E-state index in [2.05, 4.69) is 10.3 Å². The molecular weight excluding hydrogens is 413 g/mol. The standard InChI is InChI=1S/C21H21F3N4O3/c1-12-2-7-17(13-3-5-15(6-4-13)21(22,23)24)28(11-12)20(31)19(30)27-16-8-14(18(25)29)9-26-10-16/h3-6,8-10,12,17H,2,7,11H2,1H3,(H2,25,29)(H,27,30)/t12-,17+/m0/s1. The summed E-state index contributed by atoms with van der Waals surface area (Å²) in [6.07, 6.45) is -0.676. The van der Waals surface area contributed by atoms with Crippen LogP contribution in [-0.4, -0.2) is 34.2 Å². The number of hydrogen-bond donors (Lipinski definition) is 2. The summed E-state index contributed by atoms with van der Waals surface area (Å²) >= 11 is 0. The van der Waals surface area contributed by atoms with Crippen LogP contribution >= 0.6 is 0 Å². The summed E-state index contributed by atoms with van der Waals surface area (Å²) < 4.78 is 38.6. The smallest absolute Gasteiger partial charge is 0.366 e. The molecule has 0 aliphatic carbocycles. The van der Waals surface area contributed by atoms with E-state index in [0.717, 1.165) is 18.6 Å². The van der Waals surface area contributed by atoms with Crippen molar-refractivity contribution in [1.29, 1.82) is 0 Å². The van der Waals surface area contributed by atoms with Crippen molar-refractivity contribution in [2.75, 3.05) is 11.9 Å². The monoisotopic (exact) mass is 434 g/mol. The predicted octanol–water partition coefficient (Wildman–Crippen LogP) is 3.14. The number of benzene rings is 1. The number of likely N-dealkylation sites (tertiary alicyclic amines) is 1. The highest BCUT2D eigenvalue weighted by Crippen LogP contribution is 2.35. The molecule has 0 radical (unpaired) electrons. The molecule has 31 heavy (non-hydrogen) atoms. The number of anilines is 1. The number of nitrogens with one attached hydrogen (secondary N) is 1. The Balaban J connectivity index is 1.80. The molecule has 0 saturated carbocycles. The van der Waals surface area contributed by atoms with Crippen molar-refractivity contribution in [1.82, 2.24) is 9.88 Å². The van der Waals surface area contributed by atoms with Crippen molar-refractivity contribution in [3.63, 3.8) is 0 Å². The summed E-state index contributed by atoms with van der Waals surface area (Å²) in [7, 11) is 0. The zero-order chi connectivity index (χ0) is 22.8. The van der Waals surface area contributed by atoms with Crippen LogP contribution in [0.15, 0.2) is 42.7 Å². The maximum atomic E-state index is 12.9. The predicted molar refractivity (Wildman–Crippen MR) is 106 cm³/mol. The highest BCUT2D eigenvalue weighted by molar-refractivity contribution is 6.39. The lowest BCUT2D eigenvalue weighted by Crippen LogP contribution is -2.46. The zero-order valence-corrected chi connectivity index (χ0v) is 16.6. The lowest BCUT2D eigenvalue weighted by molar-refractivity contribution is -0.146. The van der Waals surface area contributed by atoms with Crippen LogP contribution < -0.4 is 11.1 Å². The van der Waals surface area contributed by atoms with Crippen LogP contribution in [0.2, 0.25) is 0 Å². The number of aromatic nitrogens is 1. The molecule has 10 heteroatoms. The van der Waals surface area contributed by atoms with E-state index in [1.54, 1.807) is 0 Å². The van der Waals surface area contributed by atoms with Crippen LogP contribution in [0.25, 0.3) is 0 Å². The Morgan fingerprint density at radius 2 is 1.81 bits per heavy atom. The van der Waals surface area contributed by atoms with Crippen molar-refractivity contribution >= 4 is 23.4 Å². The van der Waals surface area contributed by atoms with Gasteiger partial charge in [-0.2, -0.15) is 13.2 Å². The van der Waals surface area contributed by atoms with Crippen molar-refractivity contribution in [3.8, 4) is 0 Å². The third-order valence-corrected chi connectivity index (χ3v) is 5.18. The first kappa shape index (κ1) is 22.3. The Morgan fingerprint density at radius 1 is 1.13 bits per heavy atom. The molecule has 7 nitrogen and oxygen atoms in total. The molecule has 1 fully saturated rings. The van der Waals surface area contributed by atoms with E-state index in [-0.39, 0.29) is 23.7 Å². The molecule has 3 rings (SSSR count). The topological polar surface area (TPSA) is 105 Å². The minimum Gasteiger partial charge on any atom is -0.366 e. The molecule has 0 unspecified atom stereocenters. The van der Waals surface area contributed by atoms with Crippen LogP contribution in [0, 0.1) is 5.92 Å². The van der Waals surface area contributed by atoms with E-state index in [9.17, 15) is 27.6 Å². The van der Waals surface area contributed by atoms with E-state index in [1.165, 1.54) is 35.5 Å². The average Bonchev–Trinajstić information content (AvgIpc) is 2.72. The SMILES string of the molecule is C[C@H]1CC[C@H](c2ccc(C(F)(F)F)cc2)N(C(=O)C(=O)Nc2cncc(C(N)=O)c2)C1. The number of pyridine rings is 1. The fraction of sp³-hybridized carbons (Fsp3) is 0.333. The van der Waals surface area contributed by atoms with E-state index in [0.29, 0.717) is 12.0 Å². The number of alkyl halides is 3. The molecule has 2 atom stereocenters. The number of nitrogens with two attached hydrogens (primary N) is 1. The van der Waals surface area contributed by atoms with Gasteiger partial charge in [0.25, 0.3) is 0 Å². The molecule has 1 aliphatic heterocycles. The van der Waals surface area contributed by atoms with E-state index < -0.39 is 35.5 Å². The van der Waals surface area contributed by atoms with Gasteiger partial charge in [-0.05, 0) is 42.5 Å². The molecule has 1 aliphatic rings. The van der Waals surface area contributed by atoms with Crippen molar-refractivity contribution in [2.45, 2.75) is 32.0 Å². The second-order valence-corrected chi connectivity index (χ2v) is 7.56. The first-order valence-electron chi connectivity index (χ1n) is 9.60. The summed E-state index contributed by atoms with van der Waals surface area (Å²) in [4.78, 5) is 41.9. The summed E-state index contributed by atoms with van der Waals surface area (Å²) in [6, 6.07) is 5.39. The molecule has 3 N–H and O–H groups in total. The van der Waals surface area contributed by atoms with Gasteiger partial charge in [0.05, 0.1) is 29.1 Å². The number of hydrogen-bond acceptors (Lipinski definition) is 4. The number of halogens is 3. The maximum absolute atomic E-state index is 12.9. The molecule has 0 spiro atoms. The number of rotatable bonds is 3. The molecule has 1 aromatic heterocycles. The van der Waals surface area contributed by atoms with E-state index in [1.807, 2.05) is 6.92 Å². The highest BCUT2D eigenvalue weighted by Gasteiger charge is 2.35. The molecule has 1 saturated heterocycles. The Labute approximate surface area is 176 Å². The van der Waals surface area contributed by atoms with Gasteiger partial charge in [-0.1, -0.05) is 19.1 Å². The van der Waals surface area contributed by atoms with Gasteiger partial charge in [0.2, 0.25) is 5.91 Å². The van der Waals surface area contributed by atoms with Crippen molar-refractivity contribution in [3.05, 3.63) is 59.4 Å². The van der Waals surface area contributed by atoms with E-state index >= 15 is 0 Å². The van der Waals surface area contributed by atoms with Gasteiger partial charge in [-0.3, -0.25) is 19.4 Å². The van der Waals surface area contributed by atoms with Gasteiger partial charge in [0.15, 0.2) is 0 Å². The van der Waals surface area contributed by atoms with Gasteiger partial charge < -0.3 is 16.0 Å². The fourth-order valence-electron chi connectivity index (χ4n) is 3.58. The Bertz CT molecular complexity index is 992. The molecule has 3 amide bonds. The number of piperidine rings is 1. The van der Waals surface area contributed by atoms with Crippen molar-refractivity contribution in [2.24, 2.45) is 11.7 Å². The first-order valence-corrected chi connectivity index (χ1v) is 9.60. The lowest BCUT2D eigenvalue weighted by Gasteiger charge is -2.38. The fourth-order valence-corrected chi connectivity index (χ4v) is 3.58. The maximum Gasteiger partial charge on any atom is 0.416 e. The second-order valence-electron chi connectivity index (χ2n) is 7.56. The minimum absolute atomic E-state index is 0.0690. The largest absolute Gasteiger partial charge is 0.416 e. The quantitative estimate of drug-likeness (QED) is 0.724. The van der Waals surface area contributed by atoms with Gasteiger partial charge in [-0.25, -0.2) is 0 Å². The van der Waals surface area contributed by atoms with Gasteiger partial charge in [0.1, 0.15) is 0 Å². The summed E-state index contributed by atoms with van der Waals surface area (Å²) in [6.45, 7) is 2.22. The Morgan fingerprint density at radius 3 is 2.42 bits per heavy atom. The number of primary amides is 1. The molecule has 164 valence electrons. The molecule has 1 aromatic carbocycles. The van der Waals surface area contributed by atoms with Crippen LogP contribution in [0.5, 0.6) is 0 Å².